The average Bonchev–Trinajstić information content (AvgIpc) is 3.10. The third kappa shape index (κ3) is 11.3. The minimum Gasteiger partial charge on any atom is -0.386 e. The summed E-state index contributed by atoms with van der Waals surface area (Å²) in [5, 5.41) is 0. The summed E-state index contributed by atoms with van der Waals surface area (Å²) in [6.07, 6.45) is 0. The van der Waals surface area contributed by atoms with Crippen molar-refractivity contribution in [3.8, 4) is 34.5 Å². The summed E-state index contributed by atoms with van der Waals surface area (Å²) < 4.78 is 60.0. The fourth-order valence-corrected chi connectivity index (χ4v) is 6.75. The zero-order valence-corrected chi connectivity index (χ0v) is 30.0. The predicted molar refractivity (Wildman–Crippen MR) is 197 cm³/mol. The maximum Gasteiger partial charge on any atom is 0.647 e. The van der Waals surface area contributed by atoms with Crippen LogP contribution in [-0.2, 0) is 9.13 Å². The van der Waals surface area contributed by atoms with E-state index in [-0.39, 0.29) is 0 Å². The Morgan fingerprint density at radius 1 is 0.280 bits per heavy atom. The normalized spacial score (nSPS) is 11.0. The summed E-state index contributed by atoms with van der Waals surface area (Å²) in [5.41, 5.74) is 4.30. The molecule has 0 aliphatic heterocycles. The van der Waals surface area contributed by atoms with Gasteiger partial charge in [-0.2, -0.15) is 9.13 Å². The van der Waals surface area contributed by atoms with Crippen molar-refractivity contribution >= 4 is 15.6 Å². The molecule has 0 amide bonds. The van der Waals surface area contributed by atoms with Gasteiger partial charge < -0.3 is 27.1 Å². The fraction of sp³-hybridized carbons (Fsp3) is 0.100. The van der Waals surface area contributed by atoms with E-state index in [1.165, 1.54) is 0 Å². The number of phosphoric acid groups is 2. The molecule has 0 saturated heterocycles. The van der Waals surface area contributed by atoms with Crippen LogP contribution in [0, 0.1) is 27.7 Å². The Labute approximate surface area is 293 Å². The molecule has 0 heterocycles. The van der Waals surface area contributed by atoms with Gasteiger partial charge in [-0.05, 0) is 100 Å². The van der Waals surface area contributed by atoms with Gasteiger partial charge in [0.05, 0.1) is 0 Å². The van der Waals surface area contributed by atoms with Crippen LogP contribution < -0.4 is 27.1 Å². The van der Waals surface area contributed by atoms with Crippen LogP contribution >= 0.6 is 15.6 Å². The van der Waals surface area contributed by atoms with Crippen LogP contribution in [-0.4, -0.2) is 0 Å². The molecule has 0 fully saturated rings. The molecule has 0 atom stereocenters. The van der Waals surface area contributed by atoms with Gasteiger partial charge in [-0.1, -0.05) is 107 Å². The lowest BCUT2D eigenvalue weighted by Crippen LogP contribution is -2.07. The van der Waals surface area contributed by atoms with E-state index >= 15 is 0 Å². The highest BCUT2D eigenvalue weighted by Crippen LogP contribution is 2.51. The monoisotopic (exact) mass is 708 g/mol. The van der Waals surface area contributed by atoms with Crippen LogP contribution in [0.4, 0.5) is 0 Å². The molecular weight excluding hydrogens is 670 g/mol. The highest BCUT2D eigenvalue weighted by atomic mass is 31.2. The molecule has 0 bridgehead atoms. The van der Waals surface area contributed by atoms with Crippen molar-refractivity contribution in [1.29, 1.82) is 0 Å². The molecular formula is C40H38O8P2. The van der Waals surface area contributed by atoms with Gasteiger partial charge in [0.2, 0.25) is 0 Å². The van der Waals surface area contributed by atoms with Gasteiger partial charge >= 0.3 is 15.6 Å². The number of hydrogen-bond donors (Lipinski definition) is 0. The third-order valence-corrected chi connectivity index (χ3v) is 9.48. The third-order valence-electron chi connectivity index (χ3n) is 6.87. The van der Waals surface area contributed by atoms with Gasteiger partial charge in [0.25, 0.3) is 0 Å². The molecule has 6 rings (SSSR count). The molecule has 0 N–H and O–H groups in total. The molecule has 50 heavy (non-hydrogen) atoms. The summed E-state index contributed by atoms with van der Waals surface area (Å²) in [4.78, 5) is 0. The second-order valence-corrected chi connectivity index (χ2v) is 14.2. The van der Waals surface area contributed by atoms with Crippen LogP contribution in [0.25, 0.3) is 0 Å². The zero-order chi connectivity index (χ0) is 35.4. The van der Waals surface area contributed by atoms with Gasteiger partial charge in [0, 0.05) is 0 Å². The van der Waals surface area contributed by atoms with E-state index in [1.807, 2.05) is 88.4 Å². The first-order chi connectivity index (χ1) is 24.0. The van der Waals surface area contributed by atoms with Crippen molar-refractivity contribution in [2.45, 2.75) is 27.7 Å². The Balaban J connectivity index is 0.000000195. The standard InChI is InChI=1S/C21H21O4P.C19H17O4P/c1-16-4-10-19(11-5-16)23-26(22,24-20-12-6-17(2)7-13-20)25-21-14-8-18(3)9-15-21;1-16-12-14-19(15-13-16)23-24(20,21-17-8-4-2-5-9-17)22-18-10-6-3-7-11-18/h4-15H,1-3H3;2-15H,1H3. The molecule has 6 aromatic rings. The molecule has 0 aliphatic rings. The Kier molecular flexibility index (Phi) is 12.1. The lowest BCUT2D eigenvalue weighted by atomic mass is 10.2. The second kappa shape index (κ2) is 16.8. The van der Waals surface area contributed by atoms with E-state index in [1.54, 1.807) is 97.1 Å². The second-order valence-electron chi connectivity index (χ2n) is 11.3. The Hall–Kier alpha value is -5.42. The lowest BCUT2D eigenvalue weighted by Gasteiger charge is -2.19. The van der Waals surface area contributed by atoms with Crippen molar-refractivity contribution in [3.05, 3.63) is 180 Å². The van der Waals surface area contributed by atoms with Crippen LogP contribution in [0.1, 0.15) is 22.3 Å². The number of benzene rings is 6. The first-order valence-corrected chi connectivity index (χ1v) is 18.7. The molecule has 10 heteroatoms. The summed E-state index contributed by atoms with van der Waals surface area (Å²) in [7, 11) is -7.83. The van der Waals surface area contributed by atoms with E-state index < -0.39 is 15.6 Å². The van der Waals surface area contributed by atoms with Crippen molar-refractivity contribution in [3.63, 3.8) is 0 Å². The average molecular weight is 709 g/mol. The smallest absolute Gasteiger partial charge is 0.386 e. The molecule has 0 aromatic heterocycles. The quantitative estimate of drug-likeness (QED) is 0.116. The molecule has 8 nitrogen and oxygen atoms in total. The zero-order valence-electron chi connectivity index (χ0n) is 28.2. The molecule has 0 saturated carbocycles. The molecule has 6 aromatic carbocycles. The van der Waals surface area contributed by atoms with Gasteiger partial charge in [0.15, 0.2) is 0 Å². The van der Waals surface area contributed by atoms with Crippen LogP contribution in [0.15, 0.2) is 158 Å². The predicted octanol–water partition coefficient (Wildman–Crippen LogP) is 11.9. The van der Waals surface area contributed by atoms with E-state index in [9.17, 15) is 9.13 Å². The molecule has 0 aliphatic carbocycles. The number of para-hydroxylation sites is 2. The maximum atomic E-state index is 13.3. The fourth-order valence-electron chi connectivity index (χ4n) is 4.25. The van der Waals surface area contributed by atoms with Gasteiger partial charge in [-0.15, -0.1) is 0 Å². The molecule has 0 radical (unpaired) electrons. The van der Waals surface area contributed by atoms with Crippen LogP contribution in [0.2, 0.25) is 0 Å². The maximum absolute atomic E-state index is 13.3. The summed E-state index contributed by atoms with van der Waals surface area (Å²) in [6, 6.07) is 46.4. The highest BCUT2D eigenvalue weighted by Gasteiger charge is 2.34. The van der Waals surface area contributed by atoms with Crippen LogP contribution in [0.5, 0.6) is 34.5 Å². The van der Waals surface area contributed by atoms with Gasteiger partial charge in [0.1, 0.15) is 34.5 Å². The van der Waals surface area contributed by atoms with Gasteiger partial charge in [-0.25, -0.2) is 0 Å². The first kappa shape index (κ1) is 35.9. The van der Waals surface area contributed by atoms with Crippen LogP contribution in [0.3, 0.4) is 0 Å². The van der Waals surface area contributed by atoms with Crippen molar-refractivity contribution < 1.29 is 36.3 Å². The number of rotatable bonds is 12. The lowest BCUT2D eigenvalue weighted by molar-refractivity contribution is 0.296. The Morgan fingerprint density at radius 3 is 0.660 bits per heavy atom. The molecule has 0 spiro atoms. The number of hydrogen-bond acceptors (Lipinski definition) is 8. The van der Waals surface area contributed by atoms with Gasteiger partial charge in [-0.3, -0.25) is 0 Å². The summed E-state index contributed by atoms with van der Waals surface area (Å²) >= 11 is 0. The largest absolute Gasteiger partial charge is 0.647 e. The van der Waals surface area contributed by atoms with E-state index in [4.69, 9.17) is 27.1 Å². The summed E-state index contributed by atoms with van der Waals surface area (Å²) in [5.74, 6) is 2.47. The van der Waals surface area contributed by atoms with E-state index in [0.29, 0.717) is 34.5 Å². The van der Waals surface area contributed by atoms with E-state index in [2.05, 4.69) is 0 Å². The van der Waals surface area contributed by atoms with Crippen molar-refractivity contribution in [1.82, 2.24) is 0 Å². The van der Waals surface area contributed by atoms with E-state index in [0.717, 1.165) is 22.3 Å². The topological polar surface area (TPSA) is 89.5 Å². The summed E-state index contributed by atoms with van der Waals surface area (Å²) in [6.45, 7) is 7.86. The molecule has 256 valence electrons. The first-order valence-electron chi connectivity index (χ1n) is 15.8. The SMILES string of the molecule is Cc1ccc(OP(=O)(Oc2ccc(C)cc2)Oc2ccc(C)cc2)cc1.Cc1ccc(OP(=O)(Oc2ccccc2)Oc2ccccc2)cc1. The van der Waals surface area contributed by atoms with Crippen molar-refractivity contribution in [2.24, 2.45) is 0 Å². The minimum absolute atomic E-state index is 0.406. The Morgan fingerprint density at radius 2 is 0.460 bits per heavy atom. The number of aryl methyl sites for hydroxylation is 4. The number of phosphoric ester groups is 2. The minimum atomic E-state index is -3.93. The highest BCUT2D eigenvalue weighted by molar-refractivity contribution is 7.50. The Bertz CT molecular complexity index is 1850. The van der Waals surface area contributed by atoms with Crippen molar-refractivity contribution in [2.75, 3.05) is 0 Å². The molecule has 0 unspecified atom stereocenters.